The molecule has 1 aromatic carbocycles. The zero-order chi connectivity index (χ0) is 32.0. The maximum absolute atomic E-state index is 15.1. The van der Waals surface area contributed by atoms with E-state index in [4.69, 9.17) is 10.5 Å². The predicted molar refractivity (Wildman–Crippen MR) is 155 cm³/mol. The number of alkyl halides is 3. The van der Waals surface area contributed by atoms with Gasteiger partial charge >= 0.3 is 17.8 Å². The van der Waals surface area contributed by atoms with E-state index in [-0.39, 0.29) is 39.8 Å². The highest BCUT2D eigenvalue weighted by molar-refractivity contribution is 7.17. The van der Waals surface area contributed by atoms with Crippen molar-refractivity contribution in [1.82, 2.24) is 13.7 Å². The van der Waals surface area contributed by atoms with Crippen molar-refractivity contribution >= 4 is 57.2 Å². The van der Waals surface area contributed by atoms with E-state index >= 15 is 4.39 Å². The van der Waals surface area contributed by atoms with Gasteiger partial charge in [-0.05, 0) is 29.0 Å². The van der Waals surface area contributed by atoms with Crippen LogP contribution in [0.25, 0.3) is 21.5 Å². The van der Waals surface area contributed by atoms with Crippen LogP contribution in [0.3, 0.4) is 0 Å². The van der Waals surface area contributed by atoms with Crippen LogP contribution in [0.5, 0.6) is 0 Å². The number of nitrogens with two attached hydrogens (primary N) is 1. The Morgan fingerprint density at radius 3 is 2.34 bits per heavy atom. The number of rotatable bonds is 7. The van der Waals surface area contributed by atoms with Crippen molar-refractivity contribution in [3.8, 4) is 11.3 Å². The van der Waals surface area contributed by atoms with E-state index in [2.05, 4.69) is 4.99 Å². The number of benzene rings is 1. The molecule has 0 fully saturated rings. The van der Waals surface area contributed by atoms with E-state index < -0.39 is 71.3 Å². The second kappa shape index (κ2) is 13.1. The maximum atomic E-state index is 15.1. The molecule has 0 radical (unpaired) electrons. The molecule has 10 nitrogen and oxygen atoms in total. The molecule has 0 aliphatic carbocycles. The number of aromatic nitrogens is 3. The number of halogens is 6. The Bertz CT molecular complexity index is 1940. The predicted octanol–water partition coefficient (Wildman–Crippen LogP) is 3.70. The number of hydrogen-bond donors (Lipinski definition) is 1. The molecule has 18 heteroatoms. The number of carbonyl (C=O) groups excluding carboxylic acids is 2. The molecule has 0 saturated carbocycles. The van der Waals surface area contributed by atoms with E-state index in [1.165, 1.54) is 29.4 Å². The van der Waals surface area contributed by atoms with Crippen LogP contribution >= 0.6 is 35.1 Å². The molecular formula is C26H25ClF5N5O5S2. The first kappa shape index (κ1) is 34.8. The minimum Gasteiger partial charge on any atom is -0.443 e. The molecule has 0 bridgehead atoms. The Kier molecular flexibility index (Phi) is 10.4. The average Bonchev–Trinajstić information content (AvgIpc) is 3.52. The van der Waals surface area contributed by atoms with E-state index in [1.54, 1.807) is 13.8 Å². The second-order valence-corrected chi connectivity index (χ2v) is 11.5. The molecule has 4 rings (SSSR count). The molecule has 3 aromatic heterocycles. The summed E-state index contributed by atoms with van der Waals surface area (Å²) in [5.74, 6) is -5.75. The number of ether oxygens (including phenoxy) is 1. The van der Waals surface area contributed by atoms with E-state index in [1.807, 2.05) is 0 Å². The summed E-state index contributed by atoms with van der Waals surface area (Å²) in [5.41, 5.74) is 1.84. The van der Waals surface area contributed by atoms with Crippen LogP contribution in [-0.4, -0.2) is 31.6 Å². The highest BCUT2D eigenvalue weighted by Gasteiger charge is 2.39. The maximum Gasteiger partial charge on any atom is 0.422 e. The van der Waals surface area contributed by atoms with Gasteiger partial charge in [0, 0.05) is 25.0 Å². The van der Waals surface area contributed by atoms with Crippen LogP contribution in [-0.2, 0) is 47.7 Å². The fourth-order valence-corrected chi connectivity index (χ4v) is 6.06. The monoisotopic (exact) mass is 681 g/mol. The van der Waals surface area contributed by atoms with Gasteiger partial charge < -0.3 is 10.5 Å². The van der Waals surface area contributed by atoms with Crippen LogP contribution < -0.4 is 21.8 Å². The number of esters is 1. The fraction of sp³-hybridized carbons (Fsp3) is 0.346. The second-order valence-electron chi connectivity index (χ2n) is 9.80. The zero-order valence-electron chi connectivity index (χ0n) is 23.4. The van der Waals surface area contributed by atoms with Crippen LogP contribution in [0.15, 0.2) is 37.5 Å². The summed E-state index contributed by atoms with van der Waals surface area (Å²) >= 11 is 1.79. The number of amides is 1. The zero-order valence-corrected chi connectivity index (χ0v) is 25.8. The summed E-state index contributed by atoms with van der Waals surface area (Å²) < 4.78 is 77.7. The lowest BCUT2D eigenvalue weighted by Gasteiger charge is -2.17. The molecule has 0 aliphatic heterocycles. The van der Waals surface area contributed by atoms with Gasteiger partial charge in [0.25, 0.3) is 11.5 Å². The number of thiophene rings is 1. The summed E-state index contributed by atoms with van der Waals surface area (Å²) in [7, 11) is 2.76. The van der Waals surface area contributed by atoms with Crippen LogP contribution in [0.4, 0.5) is 22.0 Å². The van der Waals surface area contributed by atoms with Gasteiger partial charge in [-0.1, -0.05) is 13.8 Å². The van der Waals surface area contributed by atoms with Gasteiger partial charge in [0.2, 0.25) is 0 Å². The van der Waals surface area contributed by atoms with E-state index in [9.17, 15) is 36.7 Å². The average molecular weight is 682 g/mol. The first-order chi connectivity index (χ1) is 20.0. The third kappa shape index (κ3) is 6.55. The summed E-state index contributed by atoms with van der Waals surface area (Å²) in [6.07, 6.45) is -5.75. The molecule has 3 heterocycles. The summed E-state index contributed by atoms with van der Waals surface area (Å²) in [6, 6.07) is 0.166. The minimum absolute atomic E-state index is 0. The summed E-state index contributed by atoms with van der Waals surface area (Å²) in [4.78, 5) is 54.6. The van der Waals surface area contributed by atoms with Crippen molar-refractivity contribution in [2.24, 2.45) is 30.7 Å². The Balaban J connectivity index is 0.00000529. The standard InChI is InChI=1S/C26H24F5N5O5S2.ClH/c1-11(2)20(32)23(39)41-10-36-15(13-5-6-14(27)18(19(13)28)26(29,30)31)9-43-24(36)33-16(37)7-12-8-42-22-17(12)21(38)34(3)25(40)35(22)4;/h5-6,8-9,11,20H,7,10,32H2,1-4H3;1H/t20-;/m0./s1. The third-order valence-electron chi connectivity index (χ3n) is 6.58. The summed E-state index contributed by atoms with van der Waals surface area (Å²) in [6.45, 7) is 2.59. The molecule has 1 amide bonds. The Morgan fingerprint density at radius 2 is 1.73 bits per heavy atom. The summed E-state index contributed by atoms with van der Waals surface area (Å²) in [5, 5.41) is 2.83. The molecule has 4 aromatic rings. The molecule has 238 valence electrons. The van der Waals surface area contributed by atoms with Gasteiger partial charge in [0.1, 0.15) is 28.1 Å². The van der Waals surface area contributed by atoms with E-state index in [0.717, 1.165) is 37.9 Å². The fourth-order valence-electron chi connectivity index (χ4n) is 4.13. The lowest BCUT2D eigenvalue weighted by atomic mass is 10.1. The lowest BCUT2D eigenvalue weighted by molar-refractivity contribution is -0.150. The number of fused-ring (bicyclic) bond motifs is 1. The smallest absolute Gasteiger partial charge is 0.422 e. The molecule has 0 aliphatic rings. The highest BCUT2D eigenvalue weighted by Crippen LogP contribution is 2.37. The molecule has 2 N–H and O–H groups in total. The van der Waals surface area contributed by atoms with Gasteiger partial charge in [0.05, 0.1) is 17.5 Å². The van der Waals surface area contributed by atoms with Crippen molar-refractivity contribution in [3.05, 3.63) is 71.3 Å². The van der Waals surface area contributed by atoms with Gasteiger partial charge in [-0.3, -0.25) is 28.1 Å². The van der Waals surface area contributed by atoms with Crippen molar-refractivity contribution in [1.29, 1.82) is 0 Å². The highest BCUT2D eigenvalue weighted by atomic mass is 35.5. The third-order valence-corrected chi connectivity index (χ3v) is 8.55. The molecule has 1 atom stereocenters. The Morgan fingerprint density at radius 1 is 1.07 bits per heavy atom. The Hall–Kier alpha value is -3.67. The normalized spacial score (nSPS) is 12.9. The number of thiazole rings is 1. The van der Waals surface area contributed by atoms with Crippen molar-refractivity contribution in [2.45, 2.75) is 39.2 Å². The largest absolute Gasteiger partial charge is 0.443 e. The number of carbonyl (C=O) groups is 2. The van der Waals surface area contributed by atoms with Gasteiger partial charge in [-0.15, -0.1) is 35.1 Å². The van der Waals surface area contributed by atoms with Crippen molar-refractivity contribution < 1.29 is 36.3 Å². The number of nitrogens with zero attached hydrogens (tertiary/aromatic N) is 4. The molecule has 44 heavy (non-hydrogen) atoms. The van der Waals surface area contributed by atoms with Crippen LogP contribution in [0.2, 0.25) is 0 Å². The lowest BCUT2D eigenvalue weighted by Crippen LogP contribution is -2.37. The quantitative estimate of drug-likeness (QED) is 0.234. The van der Waals surface area contributed by atoms with Crippen LogP contribution in [0.1, 0.15) is 25.0 Å². The first-order valence-corrected chi connectivity index (χ1v) is 14.2. The SMILES string of the molecule is CC(C)[C@H](N)C(=O)OCn1c(-c2ccc(F)c(C(F)(F)F)c2F)csc1=NC(=O)Cc1csc2c1c(=O)n(C)c(=O)n2C.Cl. The molecule has 0 saturated heterocycles. The van der Waals surface area contributed by atoms with Gasteiger partial charge in [-0.2, -0.15) is 18.2 Å². The molecule has 0 unspecified atom stereocenters. The first-order valence-electron chi connectivity index (χ1n) is 12.4. The molecular weight excluding hydrogens is 657 g/mol. The van der Waals surface area contributed by atoms with E-state index in [0.29, 0.717) is 10.9 Å². The molecule has 0 spiro atoms. The van der Waals surface area contributed by atoms with Gasteiger partial charge in [0.15, 0.2) is 11.5 Å². The minimum atomic E-state index is -5.35. The number of hydrogen-bond acceptors (Lipinski definition) is 8. The van der Waals surface area contributed by atoms with Crippen LogP contribution in [0, 0.1) is 17.6 Å². The van der Waals surface area contributed by atoms with Crippen molar-refractivity contribution in [3.63, 3.8) is 0 Å². The Labute approximate surface area is 259 Å². The van der Waals surface area contributed by atoms with Gasteiger partial charge in [-0.25, -0.2) is 13.6 Å². The van der Waals surface area contributed by atoms with Crippen molar-refractivity contribution in [2.75, 3.05) is 0 Å². The topological polar surface area (TPSA) is 131 Å². The number of aryl methyl sites for hydroxylation is 1.